The molecule has 0 rings (SSSR count). The lowest BCUT2D eigenvalue weighted by Crippen LogP contribution is -2.29. The van der Waals surface area contributed by atoms with E-state index in [0.717, 1.165) is 70.6 Å². The molecule has 0 aromatic carbocycles. The molecule has 0 aliphatic carbocycles. The monoisotopic (exact) mass is 1080 g/mol. The molecule has 0 bridgehead atoms. The van der Waals surface area contributed by atoms with Crippen LogP contribution < -0.4 is 5.73 Å². The number of esters is 2. The van der Waals surface area contributed by atoms with Gasteiger partial charge in [-0.3, -0.25) is 18.6 Å². The number of carbonyl (C=O) groups is 2. The maximum Gasteiger partial charge on any atom is 0.472 e. The molecule has 0 aromatic rings. The average molecular weight is 1080 g/mol. The van der Waals surface area contributed by atoms with Crippen molar-refractivity contribution in [1.29, 1.82) is 0 Å². The first kappa shape index (κ1) is 73.0. The Morgan fingerprint density at radius 1 is 0.413 bits per heavy atom. The van der Waals surface area contributed by atoms with Crippen LogP contribution in [0.1, 0.15) is 322 Å². The number of rotatable bonds is 61. The lowest BCUT2D eigenvalue weighted by atomic mass is 10.0. The van der Waals surface area contributed by atoms with Gasteiger partial charge in [-0.05, 0) is 51.4 Å². The smallest absolute Gasteiger partial charge is 0.462 e. The van der Waals surface area contributed by atoms with Crippen molar-refractivity contribution in [3.05, 3.63) is 48.6 Å². The van der Waals surface area contributed by atoms with Gasteiger partial charge in [0.15, 0.2) is 6.10 Å². The summed E-state index contributed by atoms with van der Waals surface area (Å²) in [6.07, 6.45) is 76.5. The zero-order valence-corrected chi connectivity index (χ0v) is 50.2. The fraction of sp³-hybridized carbons (Fsp3) is 0.846. The highest BCUT2D eigenvalue weighted by molar-refractivity contribution is 7.47. The molecular formula is C65H122NO8P. The van der Waals surface area contributed by atoms with Gasteiger partial charge in [-0.2, -0.15) is 0 Å². The van der Waals surface area contributed by atoms with E-state index >= 15 is 0 Å². The van der Waals surface area contributed by atoms with Crippen molar-refractivity contribution in [1.82, 2.24) is 0 Å². The van der Waals surface area contributed by atoms with Crippen LogP contribution >= 0.6 is 7.82 Å². The summed E-state index contributed by atoms with van der Waals surface area (Å²) in [5.41, 5.74) is 5.38. The molecule has 0 saturated carbocycles. The van der Waals surface area contributed by atoms with Gasteiger partial charge >= 0.3 is 19.8 Å². The third-order valence-electron chi connectivity index (χ3n) is 14.2. The van der Waals surface area contributed by atoms with Crippen LogP contribution in [0.2, 0.25) is 0 Å². The summed E-state index contributed by atoms with van der Waals surface area (Å²) in [7, 11) is -4.39. The first-order valence-corrected chi connectivity index (χ1v) is 33.6. The van der Waals surface area contributed by atoms with Gasteiger partial charge in [-0.1, -0.05) is 306 Å². The van der Waals surface area contributed by atoms with E-state index in [1.165, 1.54) is 218 Å². The number of nitrogens with two attached hydrogens (primary N) is 1. The Morgan fingerprint density at radius 3 is 1.09 bits per heavy atom. The van der Waals surface area contributed by atoms with Crippen LogP contribution in [0.5, 0.6) is 0 Å². The lowest BCUT2D eigenvalue weighted by Gasteiger charge is -2.19. The minimum atomic E-state index is -4.39. The summed E-state index contributed by atoms with van der Waals surface area (Å²) in [5, 5.41) is 0. The highest BCUT2D eigenvalue weighted by atomic mass is 31.2. The normalized spacial score (nSPS) is 13.3. The zero-order valence-electron chi connectivity index (χ0n) is 49.3. The van der Waals surface area contributed by atoms with Crippen molar-refractivity contribution >= 4 is 19.8 Å². The van der Waals surface area contributed by atoms with Gasteiger partial charge in [-0.25, -0.2) is 4.57 Å². The summed E-state index contributed by atoms with van der Waals surface area (Å²) in [6.45, 7) is 3.64. The average Bonchev–Trinajstić information content (AvgIpc) is 3.40. The van der Waals surface area contributed by atoms with Crippen molar-refractivity contribution in [3.8, 4) is 0 Å². The molecular weight excluding hydrogens is 954 g/mol. The van der Waals surface area contributed by atoms with Crippen LogP contribution in [-0.4, -0.2) is 49.3 Å². The predicted octanol–water partition coefficient (Wildman–Crippen LogP) is 20.5. The van der Waals surface area contributed by atoms with Crippen LogP contribution in [0.25, 0.3) is 0 Å². The number of hydrogen-bond donors (Lipinski definition) is 2. The Kier molecular flexibility index (Phi) is 59.5. The van der Waals surface area contributed by atoms with Crippen LogP contribution in [0.15, 0.2) is 48.6 Å². The van der Waals surface area contributed by atoms with Crippen molar-refractivity contribution in [2.45, 2.75) is 328 Å². The Labute approximate surface area is 464 Å². The van der Waals surface area contributed by atoms with E-state index in [-0.39, 0.29) is 38.6 Å². The van der Waals surface area contributed by atoms with E-state index in [4.69, 9.17) is 24.3 Å². The minimum Gasteiger partial charge on any atom is -0.462 e. The van der Waals surface area contributed by atoms with E-state index in [1.807, 2.05) is 0 Å². The van der Waals surface area contributed by atoms with Crippen molar-refractivity contribution in [3.63, 3.8) is 0 Å². The van der Waals surface area contributed by atoms with Crippen LogP contribution in [0.3, 0.4) is 0 Å². The van der Waals surface area contributed by atoms with Gasteiger partial charge in [0.25, 0.3) is 0 Å². The Morgan fingerprint density at radius 2 is 0.733 bits per heavy atom. The van der Waals surface area contributed by atoms with Crippen molar-refractivity contribution in [2.75, 3.05) is 26.4 Å². The highest BCUT2D eigenvalue weighted by Crippen LogP contribution is 2.43. The SMILES string of the molecule is CC/C=C\C/C=C\C/C=C\C/C=C\CCCCCCC(=O)OC(COC(=O)CCCCCCCCCCCCCCCCCCCCCCCCCCCCCCCCCCCCCCC)COP(=O)(O)OCCN. The van der Waals surface area contributed by atoms with Gasteiger partial charge in [0, 0.05) is 19.4 Å². The number of phosphoric ester groups is 1. The second-order valence-corrected chi connectivity index (χ2v) is 23.1. The molecule has 3 N–H and O–H groups in total. The molecule has 10 heteroatoms. The number of hydrogen-bond acceptors (Lipinski definition) is 8. The molecule has 0 amide bonds. The van der Waals surface area contributed by atoms with Crippen LogP contribution in [-0.2, 0) is 32.7 Å². The third-order valence-corrected chi connectivity index (χ3v) is 15.2. The molecule has 0 aliphatic heterocycles. The summed E-state index contributed by atoms with van der Waals surface area (Å²) in [4.78, 5) is 35.2. The molecule has 0 saturated heterocycles. The summed E-state index contributed by atoms with van der Waals surface area (Å²) in [5.74, 6) is -0.844. The largest absolute Gasteiger partial charge is 0.472 e. The van der Waals surface area contributed by atoms with Gasteiger partial charge < -0.3 is 20.1 Å². The minimum absolute atomic E-state index is 0.0488. The van der Waals surface area contributed by atoms with Gasteiger partial charge in [-0.15, -0.1) is 0 Å². The standard InChI is InChI=1S/C65H122NO8P/c1-3-5-7-9-11-13-15-17-19-21-22-23-24-25-26-27-28-29-30-31-32-33-34-35-36-37-38-39-40-42-43-45-47-49-51-53-55-57-64(67)71-61-63(62-73-75(69,70)72-60-59-66)74-65(68)58-56-54-52-50-48-46-44-41-20-18-16-14-12-10-8-6-4-2/h6,8,12,14,18,20,44,46,63H,3-5,7,9-11,13,15-17,19,21-43,45,47-62,66H2,1-2H3,(H,69,70)/b8-6-,14-12-,20-18-,46-44-. The first-order chi connectivity index (χ1) is 36.8. The number of carbonyl (C=O) groups excluding carboxylic acids is 2. The first-order valence-electron chi connectivity index (χ1n) is 32.1. The van der Waals surface area contributed by atoms with E-state index in [2.05, 4.69) is 62.5 Å². The second kappa shape index (κ2) is 61.2. The highest BCUT2D eigenvalue weighted by Gasteiger charge is 2.26. The van der Waals surface area contributed by atoms with Gasteiger partial charge in [0.1, 0.15) is 6.61 Å². The topological polar surface area (TPSA) is 134 Å². The quantitative estimate of drug-likeness (QED) is 0.0264. The van der Waals surface area contributed by atoms with Crippen molar-refractivity contribution < 1.29 is 37.6 Å². The Bertz CT molecular complexity index is 1370. The number of ether oxygens (including phenoxy) is 2. The fourth-order valence-corrected chi connectivity index (χ4v) is 10.3. The Hall–Kier alpha value is -2.03. The lowest BCUT2D eigenvalue weighted by molar-refractivity contribution is -0.161. The molecule has 0 spiro atoms. The zero-order chi connectivity index (χ0) is 54.5. The Balaban J connectivity index is 3.77. The van der Waals surface area contributed by atoms with Crippen LogP contribution in [0, 0.1) is 0 Å². The summed E-state index contributed by atoms with van der Waals surface area (Å²) in [6, 6.07) is 0. The maximum absolute atomic E-state index is 12.7. The number of phosphoric acid groups is 1. The number of unbranched alkanes of at least 4 members (excludes halogenated alkanes) is 40. The van der Waals surface area contributed by atoms with E-state index in [1.54, 1.807) is 0 Å². The molecule has 75 heavy (non-hydrogen) atoms. The third kappa shape index (κ3) is 61.1. The molecule has 440 valence electrons. The molecule has 9 nitrogen and oxygen atoms in total. The van der Waals surface area contributed by atoms with Crippen LogP contribution in [0.4, 0.5) is 0 Å². The molecule has 0 heterocycles. The summed E-state index contributed by atoms with van der Waals surface area (Å²) < 4.78 is 33.0. The maximum atomic E-state index is 12.7. The molecule has 2 atom stereocenters. The summed E-state index contributed by atoms with van der Waals surface area (Å²) >= 11 is 0. The number of allylic oxidation sites excluding steroid dienone is 8. The fourth-order valence-electron chi connectivity index (χ4n) is 9.51. The molecule has 0 radical (unpaired) electrons. The molecule has 0 aromatic heterocycles. The molecule has 0 fully saturated rings. The molecule has 2 unspecified atom stereocenters. The molecule has 0 aliphatic rings. The predicted molar refractivity (Wildman–Crippen MR) is 321 cm³/mol. The second-order valence-electron chi connectivity index (χ2n) is 21.6. The van der Waals surface area contributed by atoms with E-state index < -0.39 is 26.5 Å². The van der Waals surface area contributed by atoms with E-state index in [9.17, 15) is 19.0 Å². The van der Waals surface area contributed by atoms with E-state index in [0.29, 0.717) is 6.42 Å². The van der Waals surface area contributed by atoms with Gasteiger partial charge in [0.05, 0.1) is 13.2 Å². The van der Waals surface area contributed by atoms with Gasteiger partial charge in [0.2, 0.25) is 0 Å². The van der Waals surface area contributed by atoms with Crippen molar-refractivity contribution in [2.24, 2.45) is 5.73 Å².